The summed E-state index contributed by atoms with van der Waals surface area (Å²) in [6.45, 7) is 5.34. The van der Waals surface area contributed by atoms with E-state index in [4.69, 9.17) is 4.99 Å². The first-order valence-corrected chi connectivity index (χ1v) is 8.41. The van der Waals surface area contributed by atoms with Gasteiger partial charge in [0.25, 0.3) is 0 Å². The number of thiazole rings is 1. The van der Waals surface area contributed by atoms with Crippen LogP contribution >= 0.6 is 11.3 Å². The van der Waals surface area contributed by atoms with Crippen LogP contribution in [0.3, 0.4) is 0 Å². The van der Waals surface area contributed by atoms with Gasteiger partial charge in [-0.15, -0.1) is 11.3 Å². The molecule has 5 nitrogen and oxygen atoms in total. The normalized spacial score (nSPS) is 15.8. The molecule has 2 aromatic rings. The summed E-state index contributed by atoms with van der Waals surface area (Å²) in [5.74, 6) is 1.81. The molecule has 0 spiro atoms. The number of hydrogen-bond acceptors (Lipinski definition) is 6. The highest BCUT2D eigenvalue weighted by atomic mass is 32.1. The third-order valence-corrected chi connectivity index (χ3v) is 5.14. The molecule has 2 aliphatic heterocycles. The van der Waals surface area contributed by atoms with Gasteiger partial charge in [0.2, 0.25) is 0 Å². The predicted molar refractivity (Wildman–Crippen MR) is 92.2 cm³/mol. The van der Waals surface area contributed by atoms with Crippen LogP contribution in [-0.4, -0.2) is 40.4 Å². The van der Waals surface area contributed by atoms with Gasteiger partial charge in [-0.2, -0.15) is 0 Å². The third kappa shape index (κ3) is 2.39. The van der Waals surface area contributed by atoms with E-state index in [1.54, 1.807) is 0 Å². The zero-order chi connectivity index (χ0) is 16.0. The standard InChI is InChI=1S/C17H16N4OS/c1-10-16(23-11(2)19-10)14(22)9-15-20-13-6-4-3-5-12(13)17-18-7-8-21(15)17/h3-6H,7-9H2,1-2H3. The van der Waals surface area contributed by atoms with Gasteiger partial charge in [-0.25, -0.2) is 9.98 Å². The van der Waals surface area contributed by atoms with E-state index in [1.807, 2.05) is 38.1 Å². The van der Waals surface area contributed by atoms with Crippen LogP contribution < -0.4 is 0 Å². The van der Waals surface area contributed by atoms with Gasteiger partial charge in [-0.05, 0) is 26.0 Å². The van der Waals surface area contributed by atoms with Crippen LogP contribution in [0.4, 0.5) is 5.69 Å². The molecule has 0 saturated heterocycles. The van der Waals surface area contributed by atoms with Crippen molar-refractivity contribution in [2.24, 2.45) is 9.98 Å². The number of benzene rings is 1. The summed E-state index contributed by atoms with van der Waals surface area (Å²) in [7, 11) is 0. The maximum Gasteiger partial charge on any atom is 0.182 e. The molecule has 3 heterocycles. The minimum absolute atomic E-state index is 0.0810. The van der Waals surface area contributed by atoms with E-state index < -0.39 is 0 Å². The van der Waals surface area contributed by atoms with Gasteiger partial charge < -0.3 is 4.90 Å². The number of Topliss-reactive ketones (excluding diaryl/α,β-unsaturated/α-hetero) is 1. The molecule has 0 bridgehead atoms. The van der Waals surface area contributed by atoms with Crippen molar-refractivity contribution in [3.05, 3.63) is 45.4 Å². The molecular weight excluding hydrogens is 308 g/mol. The lowest BCUT2D eigenvalue weighted by molar-refractivity contribution is 0.100. The lowest BCUT2D eigenvalue weighted by Gasteiger charge is -2.27. The van der Waals surface area contributed by atoms with Crippen LogP contribution in [0.15, 0.2) is 34.3 Å². The van der Waals surface area contributed by atoms with Crippen molar-refractivity contribution in [2.45, 2.75) is 20.3 Å². The van der Waals surface area contributed by atoms with Crippen molar-refractivity contribution in [3.63, 3.8) is 0 Å². The molecule has 6 heteroatoms. The van der Waals surface area contributed by atoms with E-state index in [1.165, 1.54) is 11.3 Å². The first-order valence-electron chi connectivity index (χ1n) is 7.59. The van der Waals surface area contributed by atoms with E-state index in [0.29, 0.717) is 0 Å². The summed E-state index contributed by atoms with van der Waals surface area (Å²) in [5, 5.41) is 0.921. The number of aryl methyl sites for hydroxylation is 2. The Balaban J connectivity index is 1.69. The van der Waals surface area contributed by atoms with E-state index in [9.17, 15) is 4.79 Å². The number of carbonyl (C=O) groups is 1. The molecule has 0 N–H and O–H groups in total. The van der Waals surface area contributed by atoms with Gasteiger partial charge in [-0.1, -0.05) is 12.1 Å². The van der Waals surface area contributed by atoms with Crippen LogP contribution in [-0.2, 0) is 0 Å². The van der Waals surface area contributed by atoms with E-state index >= 15 is 0 Å². The highest BCUT2D eigenvalue weighted by molar-refractivity contribution is 7.13. The summed E-state index contributed by atoms with van der Waals surface area (Å²) in [6, 6.07) is 7.96. The second-order valence-corrected chi connectivity index (χ2v) is 6.85. The lowest BCUT2D eigenvalue weighted by Crippen LogP contribution is -2.38. The van der Waals surface area contributed by atoms with Crippen LogP contribution in [0.5, 0.6) is 0 Å². The van der Waals surface area contributed by atoms with E-state index in [2.05, 4.69) is 14.9 Å². The topological polar surface area (TPSA) is 57.9 Å². The molecule has 0 fully saturated rings. The Hall–Kier alpha value is -2.34. The highest BCUT2D eigenvalue weighted by Gasteiger charge is 2.30. The molecule has 0 aliphatic carbocycles. The summed E-state index contributed by atoms with van der Waals surface area (Å²) in [5.41, 5.74) is 2.75. The van der Waals surface area contributed by atoms with Gasteiger partial charge in [0.15, 0.2) is 5.78 Å². The van der Waals surface area contributed by atoms with Crippen LogP contribution in [0, 0.1) is 13.8 Å². The number of rotatable bonds is 3. The summed E-state index contributed by atoms with van der Waals surface area (Å²) in [4.78, 5) is 29.1. The van der Waals surface area contributed by atoms with Gasteiger partial charge in [0.05, 0.1) is 34.2 Å². The number of para-hydroxylation sites is 1. The zero-order valence-corrected chi connectivity index (χ0v) is 13.9. The van der Waals surface area contributed by atoms with Crippen molar-refractivity contribution >= 4 is 34.5 Å². The first-order chi connectivity index (χ1) is 11.1. The van der Waals surface area contributed by atoms with Gasteiger partial charge in [-0.3, -0.25) is 9.79 Å². The molecule has 0 saturated carbocycles. The Morgan fingerprint density at radius 2 is 2.13 bits per heavy atom. The Labute approximate surface area is 138 Å². The minimum atomic E-state index is 0.0810. The Morgan fingerprint density at radius 3 is 2.91 bits per heavy atom. The number of fused-ring (bicyclic) bond motifs is 3. The highest BCUT2D eigenvalue weighted by Crippen LogP contribution is 2.30. The first kappa shape index (κ1) is 14.3. The molecular formula is C17H16N4OS. The van der Waals surface area contributed by atoms with Crippen LogP contribution in [0.2, 0.25) is 0 Å². The van der Waals surface area contributed by atoms with Crippen LogP contribution in [0.1, 0.15) is 32.4 Å². The van der Waals surface area contributed by atoms with Crippen molar-refractivity contribution < 1.29 is 4.79 Å². The largest absolute Gasteiger partial charge is 0.312 e. The average molecular weight is 324 g/mol. The molecule has 0 amide bonds. The van der Waals surface area contributed by atoms with Gasteiger partial charge in [0, 0.05) is 12.1 Å². The molecule has 1 aromatic heterocycles. The molecule has 4 rings (SSSR count). The number of ketones is 1. The van der Waals surface area contributed by atoms with Crippen molar-refractivity contribution in [2.75, 3.05) is 13.1 Å². The summed E-state index contributed by atoms with van der Waals surface area (Å²) >= 11 is 1.46. The molecule has 0 unspecified atom stereocenters. The molecule has 116 valence electrons. The number of aliphatic imine (C=N–C) groups is 2. The average Bonchev–Trinajstić information content (AvgIpc) is 3.14. The number of nitrogens with zero attached hydrogens (tertiary/aromatic N) is 4. The smallest absolute Gasteiger partial charge is 0.182 e. The Morgan fingerprint density at radius 1 is 1.30 bits per heavy atom. The van der Waals surface area contributed by atoms with Crippen molar-refractivity contribution in [1.82, 2.24) is 9.88 Å². The molecule has 0 radical (unpaired) electrons. The van der Waals surface area contributed by atoms with Gasteiger partial charge >= 0.3 is 0 Å². The quantitative estimate of drug-likeness (QED) is 0.815. The molecule has 0 atom stereocenters. The Kier molecular flexibility index (Phi) is 3.34. The van der Waals surface area contributed by atoms with E-state index in [0.717, 1.165) is 51.6 Å². The Bertz CT molecular complexity index is 865. The maximum absolute atomic E-state index is 12.7. The second-order valence-electron chi connectivity index (χ2n) is 5.65. The monoisotopic (exact) mass is 324 g/mol. The third-order valence-electron chi connectivity index (χ3n) is 4.02. The molecule has 23 heavy (non-hydrogen) atoms. The number of aromatic nitrogens is 1. The lowest BCUT2D eigenvalue weighted by atomic mass is 10.1. The van der Waals surface area contributed by atoms with Crippen LogP contribution in [0.25, 0.3) is 0 Å². The number of carbonyl (C=O) groups excluding carboxylic acids is 1. The number of amidine groups is 2. The van der Waals surface area contributed by atoms with Crippen molar-refractivity contribution in [3.8, 4) is 0 Å². The fourth-order valence-electron chi connectivity index (χ4n) is 3.04. The zero-order valence-electron chi connectivity index (χ0n) is 13.0. The summed E-state index contributed by atoms with van der Waals surface area (Å²) in [6.07, 6.45) is 0.288. The molecule has 2 aliphatic rings. The fourth-order valence-corrected chi connectivity index (χ4v) is 3.89. The van der Waals surface area contributed by atoms with Crippen molar-refractivity contribution in [1.29, 1.82) is 0 Å². The fraction of sp³-hybridized carbons (Fsp3) is 0.294. The second kappa shape index (κ2) is 5.38. The minimum Gasteiger partial charge on any atom is -0.312 e. The summed E-state index contributed by atoms with van der Waals surface area (Å²) < 4.78 is 0. The maximum atomic E-state index is 12.7. The SMILES string of the molecule is Cc1nc(C)c(C(=O)CC2=Nc3ccccc3C3=NCCN23)s1. The van der Waals surface area contributed by atoms with E-state index in [-0.39, 0.29) is 12.2 Å². The predicted octanol–water partition coefficient (Wildman–Crippen LogP) is 3.14. The van der Waals surface area contributed by atoms with Gasteiger partial charge in [0.1, 0.15) is 11.7 Å². The molecule has 1 aromatic carbocycles. The number of hydrogen-bond donors (Lipinski definition) is 0.